The summed E-state index contributed by atoms with van der Waals surface area (Å²) < 4.78 is 19.8. The topological polar surface area (TPSA) is 47.0 Å². The number of anilines is 1. The van der Waals surface area contributed by atoms with Crippen LogP contribution in [-0.4, -0.2) is 16.5 Å². The minimum atomic E-state index is -0.575. The van der Waals surface area contributed by atoms with Gasteiger partial charge < -0.3 is 10.1 Å². The van der Waals surface area contributed by atoms with Gasteiger partial charge in [-0.05, 0) is 13.0 Å². The second kappa shape index (κ2) is 6.47. The normalized spacial score (nSPS) is 10.3. The molecule has 2 aromatic rings. The molecule has 0 aliphatic carbocycles. The van der Waals surface area contributed by atoms with E-state index in [9.17, 15) is 4.39 Å². The number of nitrogens with one attached hydrogen (secondary N) is 1. The average molecular weight is 326 g/mol. The lowest BCUT2D eigenvalue weighted by Crippen LogP contribution is -2.06. The summed E-state index contributed by atoms with van der Waals surface area (Å²) in [7, 11) is 0. The first-order valence-electron chi connectivity index (χ1n) is 5.83. The third-order valence-corrected chi connectivity index (χ3v) is 3.14. The van der Waals surface area contributed by atoms with E-state index < -0.39 is 5.82 Å². The molecule has 0 bridgehead atoms. The molecule has 0 radical (unpaired) electrons. The Bertz CT molecular complexity index is 565. The summed E-state index contributed by atoms with van der Waals surface area (Å²) in [4.78, 5) is 7.79. The van der Waals surface area contributed by atoms with Crippen LogP contribution in [0.3, 0.4) is 0 Å². The largest absolute Gasteiger partial charge is 0.471 e. The first-order chi connectivity index (χ1) is 9.20. The van der Waals surface area contributed by atoms with E-state index in [-0.39, 0.29) is 12.5 Å². The third kappa shape index (κ3) is 3.64. The summed E-state index contributed by atoms with van der Waals surface area (Å²) in [5.41, 5.74) is 0.922. The maximum atomic E-state index is 13.5. The van der Waals surface area contributed by atoms with Crippen molar-refractivity contribution in [2.24, 2.45) is 0 Å². The van der Waals surface area contributed by atoms with Crippen molar-refractivity contribution in [3.63, 3.8) is 0 Å². The zero-order valence-corrected chi connectivity index (χ0v) is 11.9. The molecule has 0 spiro atoms. The second-order valence-corrected chi connectivity index (χ2v) is 4.61. The monoisotopic (exact) mass is 325 g/mol. The zero-order chi connectivity index (χ0) is 13.7. The maximum absolute atomic E-state index is 13.5. The molecular weight excluding hydrogens is 313 g/mol. The van der Waals surface area contributed by atoms with Crippen LogP contribution in [0.4, 0.5) is 10.3 Å². The van der Waals surface area contributed by atoms with Gasteiger partial charge in [0, 0.05) is 16.6 Å². The van der Waals surface area contributed by atoms with Gasteiger partial charge in [-0.25, -0.2) is 4.98 Å². The molecule has 4 nitrogen and oxygen atoms in total. The summed E-state index contributed by atoms with van der Waals surface area (Å²) in [5.74, 6) is -0.276. The number of hydrogen-bond donors (Lipinski definition) is 1. The molecule has 1 aromatic heterocycles. The van der Waals surface area contributed by atoms with Crippen LogP contribution in [0.5, 0.6) is 5.88 Å². The van der Waals surface area contributed by atoms with E-state index in [1.165, 1.54) is 0 Å². The highest BCUT2D eigenvalue weighted by Gasteiger charge is 2.09. The van der Waals surface area contributed by atoms with Crippen LogP contribution in [0.15, 0.2) is 34.9 Å². The molecule has 0 fully saturated rings. The summed E-state index contributed by atoms with van der Waals surface area (Å²) in [6.45, 7) is 2.81. The smallest absolute Gasteiger partial charge is 0.255 e. The van der Waals surface area contributed by atoms with Crippen LogP contribution in [0.2, 0.25) is 0 Å². The number of hydrogen-bond acceptors (Lipinski definition) is 4. The van der Waals surface area contributed by atoms with Crippen molar-refractivity contribution in [3.8, 4) is 5.88 Å². The SMILES string of the molecule is CCNc1ncc(F)c(OCc2ccccc2Br)n1. The molecule has 6 heteroatoms. The fourth-order valence-corrected chi connectivity index (χ4v) is 1.86. The Labute approximate surface area is 119 Å². The highest BCUT2D eigenvalue weighted by Crippen LogP contribution is 2.20. The van der Waals surface area contributed by atoms with E-state index in [1.807, 2.05) is 31.2 Å². The molecular formula is C13H13BrFN3O. The summed E-state index contributed by atoms with van der Waals surface area (Å²) in [6.07, 6.45) is 1.10. The molecule has 100 valence electrons. The quantitative estimate of drug-likeness (QED) is 0.915. The van der Waals surface area contributed by atoms with Gasteiger partial charge in [-0.1, -0.05) is 34.1 Å². The molecule has 0 atom stereocenters. The molecule has 0 saturated heterocycles. The van der Waals surface area contributed by atoms with E-state index in [1.54, 1.807) is 0 Å². The fraction of sp³-hybridized carbons (Fsp3) is 0.231. The minimum Gasteiger partial charge on any atom is -0.471 e. The van der Waals surface area contributed by atoms with Crippen LogP contribution in [0.1, 0.15) is 12.5 Å². The first-order valence-corrected chi connectivity index (χ1v) is 6.62. The Balaban J connectivity index is 2.10. The number of ether oxygens (including phenoxy) is 1. The van der Waals surface area contributed by atoms with E-state index in [0.717, 1.165) is 16.2 Å². The van der Waals surface area contributed by atoms with Gasteiger partial charge in [0.2, 0.25) is 11.8 Å². The Kier molecular flexibility index (Phi) is 4.68. The van der Waals surface area contributed by atoms with Crippen LogP contribution in [0, 0.1) is 5.82 Å². The lowest BCUT2D eigenvalue weighted by atomic mass is 10.2. The highest BCUT2D eigenvalue weighted by molar-refractivity contribution is 9.10. The van der Waals surface area contributed by atoms with E-state index in [2.05, 4.69) is 31.2 Å². The molecule has 1 N–H and O–H groups in total. The second-order valence-electron chi connectivity index (χ2n) is 3.76. The average Bonchev–Trinajstić information content (AvgIpc) is 2.41. The molecule has 0 unspecified atom stereocenters. The predicted octanol–water partition coefficient (Wildman–Crippen LogP) is 3.39. The number of rotatable bonds is 5. The summed E-state index contributed by atoms with van der Waals surface area (Å²) in [6, 6.07) is 7.60. The van der Waals surface area contributed by atoms with Crippen molar-refractivity contribution >= 4 is 21.9 Å². The van der Waals surface area contributed by atoms with Gasteiger partial charge in [0.15, 0.2) is 0 Å². The van der Waals surface area contributed by atoms with Gasteiger partial charge in [0.1, 0.15) is 6.61 Å². The first kappa shape index (κ1) is 13.7. The van der Waals surface area contributed by atoms with Gasteiger partial charge in [-0.15, -0.1) is 0 Å². The number of benzene rings is 1. The van der Waals surface area contributed by atoms with Gasteiger partial charge >= 0.3 is 0 Å². The molecule has 0 aliphatic rings. The van der Waals surface area contributed by atoms with Crippen LogP contribution >= 0.6 is 15.9 Å². The molecule has 0 amide bonds. The molecule has 0 saturated carbocycles. The Morgan fingerprint density at radius 3 is 2.89 bits per heavy atom. The van der Waals surface area contributed by atoms with E-state index in [4.69, 9.17) is 4.74 Å². The van der Waals surface area contributed by atoms with Crippen molar-refractivity contribution in [1.29, 1.82) is 0 Å². The third-order valence-electron chi connectivity index (χ3n) is 2.37. The summed E-state index contributed by atoms with van der Waals surface area (Å²) >= 11 is 3.41. The predicted molar refractivity (Wildman–Crippen MR) is 74.6 cm³/mol. The van der Waals surface area contributed by atoms with Crippen LogP contribution in [-0.2, 0) is 6.61 Å². The van der Waals surface area contributed by atoms with Crippen molar-refractivity contribution < 1.29 is 9.13 Å². The number of halogens is 2. The fourth-order valence-electron chi connectivity index (χ4n) is 1.46. The Morgan fingerprint density at radius 1 is 1.37 bits per heavy atom. The Morgan fingerprint density at radius 2 is 2.16 bits per heavy atom. The van der Waals surface area contributed by atoms with Crippen LogP contribution < -0.4 is 10.1 Å². The molecule has 1 heterocycles. The molecule has 0 aliphatic heterocycles. The molecule has 1 aromatic carbocycles. The van der Waals surface area contributed by atoms with Gasteiger partial charge in [-0.3, -0.25) is 0 Å². The van der Waals surface area contributed by atoms with E-state index in [0.29, 0.717) is 12.5 Å². The summed E-state index contributed by atoms with van der Waals surface area (Å²) in [5, 5.41) is 2.91. The lowest BCUT2D eigenvalue weighted by Gasteiger charge is -2.09. The van der Waals surface area contributed by atoms with Gasteiger partial charge in [-0.2, -0.15) is 9.37 Å². The zero-order valence-electron chi connectivity index (χ0n) is 10.4. The Hall–Kier alpha value is -1.69. The maximum Gasteiger partial charge on any atom is 0.255 e. The highest BCUT2D eigenvalue weighted by atomic mass is 79.9. The molecule has 19 heavy (non-hydrogen) atoms. The lowest BCUT2D eigenvalue weighted by molar-refractivity contribution is 0.276. The van der Waals surface area contributed by atoms with Gasteiger partial charge in [0.25, 0.3) is 5.88 Å². The van der Waals surface area contributed by atoms with Crippen molar-refractivity contribution in [2.75, 3.05) is 11.9 Å². The molecule has 2 rings (SSSR count). The standard InChI is InChI=1S/C13H13BrFN3O/c1-2-16-13-17-7-11(15)12(18-13)19-8-9-5-3-4-6-10(9)14/h3-7H,2,8H2,1H3,(H,16,17,18). The minimum absolute atomic E-state index is 0.0540. The van der Waals surface area contributed by atoms with E-state index >= 15 is 0 Å². The van der Waals surface area contributed by atoms with Gasteiger partial charge in [0.05, 0.1) is 6.20 Å². The van der Waals surface area contributed by atoms with Crippen molar-refractivity contribution in [2.45, 2.75) is 13.5 Å². The number of aromatic nitrogens is 2. The van der Waals surface area contributed by atoms with Crippen LogP contribution in [0.25, 0.3) is 0 Å². The van der Waals surface area contributed by atoms with Crippen molar-refractivity contribution in [1.82, 2.24) is 9.97 Å². The number of nitrogens with zero attached hydrogens (tertiary/aromatic N) is 2. The van der Waals surface area contributed by atoms with Crippen molar-refractivity contribution in [3.05, 3.63) is 46.3 Å².